The summed E-state index contributed by atoms with van der Waals surface area (Å²) in [7, 11) is 2.62. The third kappa shape index (κ3) is 12.9. The van der Waals surface area contributed by atoms with Gasteiger partial charge in [0.05, 0.1) is 27.1 Å². The number of benzene rings is 1. The second-order valence-corrected chi connectivity index (χ2v) is 11.2. The molecule has 238 valence electrons. The van der Waals surface area contributed by atoms with Gasteiger partial charge in [0.1, 0.15) is 0 Å². The Bertz CT molecular complexity index is 910. The molecular weight excluding hydrogens is 536 g/mol. The molecule has 0 aliphatic rings. The zero-order valence-corrected chi connectivity index (χ0v) is 26.7. The van der Waals surface area contributed by atoms with Crippen molar-refractivity contribution in [3.05, 3.63) is 35.4 Å². The Morgan fingerprint density at radius 3 is 1.19 bits per heavy atom. The summed E-state index contributed by atoms with van der Waals surface area (Å²) in [6, 6.07) is 7.81. The van der Waals surface area contributed by atoms with Crippen LogP contribution in [0.25, 0.3) is 0 Å². The predicted octanol–water partition coefficient (Wildman–Crippen LogP) is 4.07. The van der Waals surface area contributed by atoms with E-state index in [1.807, 2.05) is 52.0 Å². The van der Waals surface area contributed by atoms with Crippen LogP contribution in [0, 0.1) is 0 Å². The fourth-order valence-corrected chi connectivity index (χ4v) is 4.64. The largest absolute Gasteiger partial charge is 0.469 e. The van der Waals surface area contributed by atoms with Crippen LogP contribution in [0.4, 0.5) is 0 Å². The number of esters is 2. The van der Waals surface area contributed by atoms with Gasteiger partial charge in [0, 0.05) is 50.1 Å². The van der Waals surface area contributed by atoms with Crippen molar-refractivity contribution >= 4 is 23.8 Å². The van der Waals surface area contributed by atoms with Gasteiger partial charge in [-0.3, -0.25) is 19.2 Å². The van der Waals surface area contributed by atoms with Gasteiger partial charge < -0.3 is 30.7 Å². The standard InChI is InChI=1S/C32H54N4O6/c1-7-31(33,8-2)19-21-35(27(37)15-17-29(39)41-5)23-25-11-13-26(14-12-25)24-36(22-20-32(34,9-3)10-4)28(38)16-18-30(40)42-6/h11-14H,7-10,15-24,33-34H2,1-6H3. The van der Waals surface area contributed by atoms with Crippen molar-refractivity contribution in [2.24, 2.45) is 11.5 Å². The van der Waals surface area contributed by atoms with E-state index in [4.69, 9.17) is 20.9 Å². The van der Waals surface area contributed by atoms with Crippen LogP contribution in [0.3, 0.4) is 0 Å². The lowest BCUT2D eigenvalue weighted by molar-refractivity contribution is -0.144. The van der Waals surface area contributed by atoms with E-state index in [0.717, 1.165) is 36.8 Å². The Balaban J connectivity index is 3.05. The monoisotopic (exact) mass is 590 g/mol. The summed E-state index contributed by atoms with van der Waals surface area (Å²) in [5, 5.41) is 0. The van der Waals surface area contributed by atoms with Crippen molar-refractivity contribution < 1.29 is 28.7 Å². The fourth-order valence-electron chi connectivity index (χ4n) is 4.64. The van der Waals surface area contributed by atoms with Gasteiger partial charge in [0.2, 0.25) is 11.8 Å². The van der Waals surface area contributed by atoms with Gasteiger partial charge in [0.25, 0.3) is 0 Å². The van der Waals surface area contributed by atoms with Crippen LogP contribution in [0.1, 0.15) is 103 Å². The van der Waals surface area contributed by atoms with Gasteiger partial charge in [-0.25, -0.2) is 0 Å². The summed E-state index contributed by atoms with van der Waals surface area (Å²) in [5.74, 6) is -1.09. The highest BCUT2D eigenvalue weighted by atomic mass is 16.5. The Kier molecular flexibility index (Phi) is 16.3. The summed E-state index contributed by atoms with van der Waals surface area (Å²) in [6.45, 7) is 9.93. The minimum absolute atomic E-state index is 0.0279. The molecule has 0 heterocycles. The molecule has 1 rings (SSSR count). The van der Waals surface area contributed by atoms with Crippen LogP contribution in [0.15, 0.2) is 24.3 Å². The molecule has 0 aromatic heterocycles. The first-order valence-electron chi connectivity index (χ1n) is 15.2. The zero-order valence-electron chi connectivity index (χ0n) is 26.7. The number of hydrogen-bond donors (Lipinski definition) is 2. The Morgan fingerprint density at radius 1 is 0.619 bits per heavy atom. The van der Waals surface area contributed by atoms with Crippen LogP contribution in [0.5, 0.6) is 0 Å². The van der Waals surface area contributed by atoms with E-state index >= 15 is 0 Å². The molecule has 0 spiro atoms. The molecule has 1 aromatic rings. The highest BCUT2D eigenvalue weighted by molar-refractivity contribution is 5.82. The topological polar surface area (TPSA) is 145 Å². The maximum Gasteiger partial charge on any atom is 0.306 e. The molecule has 0 aliphatic carbocycles. The molecular formula is C32H54N4O6. The number of nitrogens with two attached hydrogens (primary N) is 2. The molecule has 0 aliphatic heterocycles. The van der Waals surface area contributed by atoms with Crippen molar-refractivity contribution in [2.45, 2.75) is 116 Å². The lowest BCUT2D eigenvalue weighted by atomic mass is 9.90. The number of amides is 2. The molecule has 0 atom stereocenters. The maximum absolute atomic E-state index is 13.1. The maximum atomic E-state index is 13.1. The van der Waals surface area contributed by atoms with Crippen LogP contribution in [0.2, 0.25) is 0 Å². The normalized spacial score (nSPS) is 11.6. The first-order chi connectivity index (χ1) is 19.9. The number of carbonyl (C=O) groups excluding carboxylic acids is 4. The van der Waals surface area contributed by atoms with Crippen molar-refractivity contribution in [3.8, 4) is 0 Å². The second-order valence-electron chi connectivity index (χ2n) is 11.2. The first kappa shape index (κ1) is 37.0. The number of hydrogen-bond acceptors (Lipinski definition) is 8. The molecule has 1 aromatic carbocycles. The SMILES string of the molecule is CCC(N)(CC)CCN(Cc1ccc(CN(CCC(N)(CC)CC)C(=O)CCC(=O)OC)cc1)C(=O)CCC(=O)OC. The first-order valence-corrected chi connectivity index (χ1v) is 15.2. The summed E-state index contributed by atoms with van der Waals surface area (Å²) in [5.41, 5.74) is 14.2. The van der Waals surface area contributed by atoms with Crippen molar-refractivity contribution in [2.75, 3.05) is 27.3 Å². The van der Waals surface area contributed by atoms with E-state index in [1.165, 1.54) is 14.2 Å². The number of ether oxygens (including phenoxy) is 2. The second kappa shape index (κ2) is 18.5. The van der Waals surface area contributed by atoms with Crippen LogP contribution in [-0.2, 0) is 41.7 Å². The summed E-state index contributed by atoms with van der Waals surface area (Å²) >= 11 is 0. The highest BCUT2D eigenvalue weighted by Gasteiger charge is 2.25. The molecule has 10 nitrogen and oxygen atoms in total. The Hall–Kier alpha value is -2.98. The van der Waals surface area contributed by atoms with E-state index in [1.54, 1.807) is 9.80 Å². The third-order valence-electron chi connectivity index (χ3n) is 8.59. The quantitative estimate of drug-likeness (QED) is 0.216. The number of carbonyl (C=O) groups is 4. The van der Waals surface area contributed by atoms with Gasteiger partial charge in [-0.05, 0) is 49.7 Å². The third-order valence-corrected chi connectivity index (χ3v) is 8.59. The van der Waals surface area contributed by atoms with Gasteiger partial charge >= 0.3 is 11.9 Å². The van der Waals surface area contributed by atoms with Crippen LogP contribution >= 0.6 is 0 Å². The molecule has 0 radical (unpaired) electrons. The smallest absolute Gasteiger partial charge is 0.306 e. The van der Waals surface area contributed by atoms with Crippen molar-refractivity contribution in [3.63, 3.8) is 0 Å². The minimum Gasteiger partial charge on any atom is -0.469 e. The van der Waals surface area contributed by atoms with E-state index in [2.05, 4.69) is 0 Å². The lowest BCUT2D eigenvalue weighted by Crippen LogP contribution is -2.43. The van der Waals surface area contributed by atoms with Crippen molar-refractivity contribution in [1.29, 1.82) is 0 Å². The van der Waals surface area contributed by atoms with Gasteiger partial charge in [-0.2, -0.15) is 0 Å². The molecule has 42 heavy (non-hydrogen) atoms. The Labute approximate surface area is 252 Å². The number of nitrogens with zero attached hydrogens (tertiary/aromatic N) is 2. The molecule has 0 fully saturated rings. The van der Waals surface area contributed by atoms with Crippen molar-refractivity contribution in [1.82, 2.24) is 9.80 Å². The fraction of sp³-hybridized carbons (Fsp3) is 0.688. The van der Waals surface area contributed by atoms with E-state index < -0.39 is 11.9 Å². The molecule has 2 amide bonds. The van der Waals surface area contributed by atoms with E-state index in [9.17, 15) is 19.2 Å². The molecule has 0 saturated heterocycles. The van der Waals surface area contributed by atoms with Gasteiger partial charge in [-0.1, -0.05) is 52.0 Å². The molecule has 0 saturated carbocycles. The predicted molar refractivity (Wildman–Crippen MR) is 164 cm³/mol. The zero-order chi connectivity index (χ0) is 31.8. The number of rotatable bonds is 20. The van der Waals surface area contributed by atoms with Gasteiger partial charge in [-0.15, -0.1) is 0 Å². The van der Waals surface area contributed by atoms with Crippen LogP contribution < -0.4 is 11.5 Å². The van der Waals surface area contributed by atoms with E-state index in [0.29, 0.717) is 39.0 Å². The average Bonchev–Trinajstić information content (AvgIpc) is 3.02. The van der Waals surface area contributed by atoms with Gasteiger partial charge in [0.15, 0.2) is 0 Å². The average molecular weight is 591 g/mol. The summed E-state index contributed by atoms with van der Waals surface area (Å²) in [4.78, 5) is 52.9. The summed E-state index contributed by atoms with van der Waals surface area (Å²) < 4.78 is 9.41. The van der Waals surface area contributed by atoms with Crippen LogP contribution in [-0.4, -0.2) is 71.9 Å². The van der Waals surface area contributed by atoms with E-state index in [-0.39, 0.29) is 48.6 Å². The lowest BCUT2D eigenvalue weighted by Gasteiger charge is -2.31. The molecule has 0 unspecified atom stereocenters. The molecule has 0 bridgehead atoms. The summed E-state index contributed by atoms with van der Waals surface area (Å²) in [6.07, 6.45) is 4.73. The molecule has 4 N–H and O–H groups in total. The molecule has 10 heteroatoms. The number of methoxy groups -OCH3 is 2. The Morgan fingerprint density at radius 2 is 0.929 bits per heavy atom. The minimum atomic E-state index is -0.418. The highest BCUT2D eigenvalue weighted by Crippen LogP contribution is 2.21.